The lowest BCUT2D eigenvalue weighted by molar-refractivity contribution is 0.0752. The zero-order chi connectivity index (χ0) is 18.7. The van der Waals surface area contributed by atoms with Crippen molar-refractivity contribution in [2.45, 2.75) is 32.7 Å². The van der Waals surface area contributed by atoms with Gasteiger partial charge in [0.15, 0.2) is 11.6 Å². The number of hydrogen-bond donors (Lipinski definition) is 0. The highest BCUT2D eigenvalue weighted by Gasteiger charge is 2.23. The second kappa shape index (κ2) is 7.68. The third-order valence-corrected chi connectivity index (χ3v) is 4.55. The van der Waals surface area contributed by atoms with Crippen molar-refractivity contribution in [1.29, 1.82) is 0 Å². The van der Waals surface area contributed by atoms with Gasteiger partial charge >= 0.3 is 0 Å². The van der Waals surface area contributed by atoms with E-state index in [9.17, 15) is 9.18 Å². The molecule has 1 aromatic heterocycles. The topological polar surface area (TPSA) is 58.6 Å². The summed E-state index contributed by atoms with van der Waals surface area (Å²) in [4.78, 5) is 24.8. The summed E-state index contributed by atoms with van der Waals surface area (Å²) in [5, 5.41) is 0. The number of amides is 1. The number of carbonyl (C=O) groups excluding carboxylic acids is 1. The monoisotopic (exact) mass is 358 g/mol. The van der Waals surface area contributed by atoms with E-state index in [1.807, 2.05) is 13.8 Å². The minimum Gasteiger partial charge on any atom is -0.451 e. The molecule has 7 heteroatoms. The molecule has 0 radical (unpaired) electrons. The van der Waals surface area contributed by atoms with Gasteiger partial charge in [-0.2, -0.15) is 0 Å². The van der Waals surface area contributed by atoms with Gasteiger partial charge in [-0.3, -0.25) is 4.79 Å². The quantitative estimate of drug-likeness (QED) is 0.819. The van der Waals surface area contributed by atoms with Crippen molar-refractivity contribution >= 4 is 11.7 Å². The third-order valence-electron chi connectivity index (χ3n) is 4.55. The van der Waals surface area contributed by atoms with Crippen LogP contribution in [0.15, 0.2) is 30.7 Å². The lowest BCUT2D eigenvalue weighted by Crippen LogP contribution is -2.33. The number of hydrogen-bond acceptors (Lipinski definition) is 5. The SMILES string of the molecule is CC(C)N(C)C(=O)c1cc(F)ccc1Oc1cncnc1N1CCCC1. The van der Waals surface area contributed by atoms with Crippen molar-refractivity contribution in [3.63, 3.8) is 0 Å². The van der Waals surface area contributed by atoms with E-state index < -0.39 is 5.82 Å². The molecule has 1 fully saturated rings. The van der Waals surface area contributed by atoms with Crippen LogP contribution in [0.2, 0.25) is 0 Å². The van der Waals surface area contributed by atoms with Gasteiger partial charge in [-0.25, -0.2) is 14.4 Å². The fourth-order valence-electron chi connectivity index (χ4n) is 2.85. The van der Waals surface area contributed by atoms with E-state index >= 15 is 0 Å². The molecule has 1 aliphatic heterocycles. The van der Waals surface area contributed by atoms with Crippen LogP contribution >= 0.6 is 0 Å². The van der Waals surface area contributed by atoms with Crippen LogP contribution in [0.3, 0.4) is 0 Å². The Morgan fingerprint density at radius 3 is 2.69 bits per heavy atom. The van der Waals surface area contributed by atoms with Gasteiger partial charge in [-0.05, 0) is 44.9 Å². The Hall–Kier alpha value is -2.70. The molecule has 0 atom stereocenters. The fraction of sp³-hybridized carbons (Fsp3) is 0.421. The molecule has 0 aliphatic carbocycles. The Morgan fingerprint density at radius 1 is 1.27 bits per heavy atom. The number of halogens is 1. The maximum atomic E-state index is 13.8. The standard InChI is InChI=1S/C19H23FN4O2/c1-13(2)23(3)19(25)15-10-14(20)6-7-16(15)26-17-11-21-12-22-18(17)24-8-4-5-9-24/h6-7,10-13H,4-5,8-9H2,1-3H3. The van der Waals surface area contributed by atoms with Gasteiger partial charge in [-0.15, -0.1) is 0 Å². The molecule has 2 aromatic rings. The highest BCUT2D eigenvalue weighted by molar-refractivity contribution is 5.97. The molecular formula is C19H23FN4O2. The van der Waals surface area contributed by atoms with Gasteiger partial charge < -0.3 is 14.5 Å². The molecule has 0 bridgehead atoms. The average molecular weight is 358 g/mol. The normalized spacial score (nSPS) is 14.0. The molecule has 3 rings (SSSR count). The molecule has 1 aliphatic rings. The van der Waals surface area contributed by atoms with Crippen LogP contribution in [0.5, 0.6) is 11.5 Å². The van der Waals surface area contributed by atoms with E-state index in [2.05, 4.69) is 14.9 Å². The van der Waals surface area contributed by atoms with E-state index in [4.69, 9.17) is 4.74 Å². The van der Waals surface area contributed by atoms with Crippen molar-refractivity contribution in [2.75, 3.05) is 25.0 Å². The highest BCUT2D eigenvalue weighted by atomic mass is 19.1. The van der Waals surface area contributed by atoms with Gasteiger partial charge in [0.2, 0.25) is 0 Å². The Morgan fingerprint density at radius 2 is 2.00 bits per heavy atom. The lowest BCUT2D eigenvalue weighted by atomic mass is 10.1. The first kappa shape index (κ1) is 18.1. The first-order valence-electron chi connectivity index (χ1n) is 8.77. The Balaban J connectivity index is 1.95. The predicted octanol–water partition coefficient (Wildman–Crippen LogP) is 3.49. The van der Waals surface area contributed by atoms with Gasteiger partial charge in [0.25, 0.3) is 5.91 Å². The molecule has 1 amide bonds. The third kappa shape index (κ3) is 3.76. The zero-order valence-corrected chi connectivity index (χ0v) is 15.3. The Kier molecular flexibility index (Phi) is 5.35. The number of benzene rings is 1. The molecule has 0 saturated carbocycles. The van der Waals surface area contributed by atoms with Gasteiger partial charge in [0.1, 0.15) is 17.9 Å². The number of aromatic nitrogens is 2. The number of rotatable bonds is 5. The van der Waals surface area contributed by atoms with Crippen molar-refractivity contribution in [3.05, 3.63) is 42.1 Å². The molecule has 0 N–H and O–H groups in total. The number of anilines is 1. The fourth-order valence-corrected chi connectivity index (χ4v) is 2.85. The summed E-state index contributed by atoms with van der Waals surface area (Å²) in [6.45, 7) is 5.60. The van der Waals surface area contributed by atoms with Gasteiger partial charge in [0, 0.05) is 26.2 Å². The predicted molar refractivity (Wildman–Crippen MR) is 97.2 cm³/mol. The second-order valence-corrected chi connectivity index (χ2v) is 6.66. The number of carbonyl (C=O) groups is 1. The van der Waals surface area contributed by atoms with Crippen molar-refractivity contribution in [1.82, 2.24) is 14.9 Å². The highest BCUT2D eigenvalue weighted by Crippen LogP contribution is 2.33. The maximum absolute atomic E-state index is 13.8. The summed E-state index contributed by atoms with van der Waals surface area (Å²) in [6, 6.07) is 3.94. The average Bonchev–Trinajstić information content (AvgIpc) is 3.16. The number of ether oxygens (including phenoxy) is 1. The first-order chi connectivity index (χ1) is 12.5. The molecule has 6 nitrogen and oxygen atoms in total. The first-order valence-corrected chi connectivity index (χ1v) is 8.77. The van der Waals surface area contributed by atoms with E-state index in [-0.39, 0.29) is 17.5 Å². The molecular weight excluding hydrogens is 335 g/mol. The summed E-state index contributed by atoms with van der Waals surface area (Å²) in [5.74, 6) is 0.662. The summed E-state index contributed by atoms with van der Waals surface area (Å²) >= 11 is 0. The Labute approximate surface area is 152 Å². The maximum Gasteiger partial charge on any atom is 0.257 e. The summed E-state index contributed by atoms with van der Waals surface area (Å²) in [7, 11) is 1.68. The summed E-state index contributed by atoms with van der Waals surface area (Å²) < 4.78 is 19.8. The summed E-state index contributed by atoms with van der Waals surface area (Å²) in [6.07, 6.45) is 5.25. The van der Waals surface area contributed by atoms with Crippen LogP contribution in [0.4, 0.5) is 10.2 Å². The zero-order valence-electron chi connectivity index (χ0n) is 15.3. The van der Waals surface area contributed by atoms with Crippen LogP contribution in [0.1, 0.15) is 37.0 Å². The van der Waals surface area contributed by atoms with Gasteiger partial charge in [0.05, 0.1) is 11.8 Å². The molecule has 2 heterocycles. The lowest BCUT2D eigenvalue weighted by Gasteiger charge is -2.23. The molecule has 26 heavy (non-hydrogen) atoms. The summed E-state index contributed by atoms with van der Waals surface area (Å²) in [5.41, 5.74) is 0.178. The van der Waals surface area contributed by atoms with E-state index in [0.717, 1.165) is 25.9 Å². The second-order valence-electron chi connectivity index (χ2n) is 6.66. The molecule has 0 unspecified atom stereocenters. The van der Waals surface area contributed by atoms with E-state index in [1.54, 1.807) is 18.1 Å². The van der Waals surface area contributed by atoms with Crippen LogP contribution in [0, 0.1) is 5.82 Å². The van der Waals surface area contributed by atoms with E-state index in [1.165, 1.54) is 24.5 Å². The molecule has 138 valence electrons. The Bertz CT molecular complexity index is 791. The number of nitrogens with zero attached hydrogens (tertiary/aromatic N) is 4. The van der Waals surface area contributed by atoms with E-state index in [0.29, 0.717) is 17.3 Å². The van der Waals surface area contributed by atoms with Crippen LogP contribution in [-0.4, -0.2) is 47.0 Å². The molecule has 1 saturated heterocycles. The largest absolute Gasteiger partial charge is 0.451 e. The van der Waals surface area contributed by atoms with Crippen LogP contribution < -0.4 is 9.64 Å². The van der Waals surface area contributed by atoms with Crippen LogP contribution in [-0.2, 0) is 0 Å². The van der Waals surface area contributed by atoms with Crippen molar-refractivity contribution in [3.8, 4) is 11.5 Å². The van der Waals surface area contributed by atoms with Crippen molar-refractivity contribution in [2.24, 2.45) is 0 Å². The minimum atomic E-state index is -0.484. The van der Waals surface area contributed by atoms with Crippen LogP contribution in [0.25, 0.3) is 0 Å². The smallest absolute Gasteiger partial charge is 0.257 e. The van der Waals surface area contributed by atoms with Gasteiger partial charge in [-0.1, -0.05) is 0 Å². The molecule has 0 spiro atoms. The minimum absolute atomic E-state index is 0.0150. The van der Waals surface area contributed by atoms with Crippen molar-refractivity contribution < 1.29 is 13.9 Å². The molecule has 1 aromatic carbocycles.